The molecular weight excluding hydrogens is 439 g/mol. The minimum atomic E-state index is -1.15. The number of pyridine rings is 1. The van der Waals surface area contributed by atoms with Crippen molar-refractivity contribution in [3.8, 4) is 11.1 Å². The van der Waals surface area contributed by atoms with Gasteiger partial charge in [-0.25, -0.2) is 14.0 Å². The maximum Gasteiger partial charge on any atom is 0.407 e. The van der Waals surface area contributed by atoms with E-state index in [-0.39, 0.29) is 23.6 Å². The molecule has 0 aliphatic heterocycles. The van der Waals surface area contributed by atoms with E-state index in [0.717, 1.165) is 0 Å². The third-order valence-electron chi connectivity index (χ3n) is 5.09. The number of carboxylic acids is 1. The molecule has 8 heteroatoms. The van der Waals surface area contributed by atoms with Gasteiger partial charge in [0.25, 0.3) is 5.56 Å². The molecule has 180 valence electrons. The first kappa shape index (κ1) is 25.0. The minimum Gasteiger partial charge on any atom is -0.478 e. The first-order valence-electron chi connectivity index (χ1n) is 11.0. The summed E-state index contributed by atoms with van der Waals surface area (Å²) in [6.45, 7) is 9.40. The number of carbonyl (C=O) groups excluding carboxylic acids is 1. The summed E-state index contributed by atoms with van der Waals surface area (Å²) in [4.78, 5) is 37.5. The van der Waals surface area contributed by atoms with Crippen molar-refractivity contribution in [3.05, 3.63) is 69.9 Å². The highest BCUT2D eigenvalue weighted by Gasteiger charge is 2.22. The number of halogens is 1. The van der Waals surface area contributed by atoms with Gasteiger partial charge in [-0.3, -0.25) is 4.79 Å². The second kappa shape index (κ2) is 9.67. The molecule has 0 bridgehead atoms. The van der Waals surface area contributed by atoms with Gasteiger partial charge in [-0.1, -0.05) is 26.0 Å². The van der Waals surface area contributed by atoms with Gasteiger partial charge in [0.05, 0.1) is 12.1 Å². The Hall–Kier alpha value is -3.68. The molecule has 7 nitrogen and oxygen atoms in total. The highest BCUT2D eigenvalue weighted by atomic mass is 19.1. The molecule has 2 aromatic carbocycles. The van der Waals surface area contributed by atoms with Crippen LogP contribution >= 0.6 is 0 Å². The number of nitrogens with zero attached hydrogens (tertiary/aromatic N) is 1. The van der Waals surface area contributed by atoms with E-state index in [9.17, 15) is 23.9 Å². The summed E-state index contributed by atoms with van der Waals surface area (Å²) >= 11 is 0. The summed E-state index contributed by atoms with van der Waals surface area (Å²) in [7, 11) is 0. The Labute approximate surface area is 197 Å². The summed E-state index contributed by atoms with van der Waals surface area (Å²) in [5, 5.41) is 12.9. The van der Waals surface area contributed by atoms with Crippen molar-refractivity contribution in [3.63, 3.8) is 0 Å². The molecule has 0 spiro atoms. The maximum atomic E-state index is 14.2. The molecule has 0 radical (unpaired) electrons. The highest BCUT2D eigenvalue weighted by Crippen LogP contribution is 2.32. The Morgan fingerprint density at radius 3 is 2.41 bits per heavy atom. The predicted molar refractivity (Wildman–Crippen MR) is 128 cm³/mol. The standard InChI is InChI=1S/C26H29FN2O5/c1-15(2)14-29-21(13-28-25(33)34-26(3,4)5)22(16-7-6-8-18(27)11-16)20-12-17(24(31)32)9-10-19(20)23(29)30/h6-12,15H,13-14H2,1-5H3,(H,28,33)(H,31,32). The molecule has 1 aromatic heterocycles. The monoisotopic (exact) mass is 468 g/mol. The lowest BCUT2D eigenvalue weighted by molar-refractivity contribution is 0.0521. The number of alkyl carbamates (subject to hydrolysis) is 1. The number of amides is 1. The number of aromatic carboxylic acids is 1. The van der Waals surface area contributed by atoms with Gasteiger partial charge in [0, 0.05) is 23.2 Å². The number of rotatable bonds is 6. The Bertz CT molecular complexity index is 1310. The van der Waals surface area contributed by atoms with Gasteiger partial charge < -0.3 is 19.7 Å². The molecule has 1 amide bonds. The van der Waals surface area contributed by atoms with Crippen LogP contribution in [0.2, 0.25) is 0 Å². The van der Waals surface area contributed by atoms with Crippen molar-refractivity contribution in [1.82, 2.24) is 9.88 Å². The normalized spacial score (nSPS) is 11.6. The van der Waals surface area contributed by atoms with Crippen LogP contribution in [-0.2, 0) is 17.8 Å². The Morgan fingerprint density at radius 1 is 1.12 bits per heavy atom. The van der Waals surface area contributed by atoms with Gasteiger partial charge in [-0.05, 0) is 68.0 Å². The molecule has 0 saturated heterocycles. The van der Waals surface area contributed by atoms with Crippen LogP contribution in [0.1, 0.15) is 50.7 Å². The van der Waals surface area contributed by atoms with E-state index in [4.69, 9.17) is 4.74 Å². The summed E-state index contributed by atoms with van der Waals surface area (Å²) < 4.78 is 21.1. The highest BCUT2D eigenvalue weighted by molar-refractivity contribution is 6.01. The third kappa shape index (κ3) is 5.62. The van der Waals surface area contributed by atoms with Crippen LogP contribution in [0.25, 0.3) is 21.9 Å². The Morgan fingerprint density at radius 2 is 1.82 bits per heavy atom. The molecule has 3 rings (SSSR count). The number of hydrogen-bond acceptors (Lipinski definition) is 4. The molecule has 2 N–H and O–H groups in total. The number of fused-ring (bicyclic) bond motifs is 1. The van der Waals surface area contributed by atoms with Crippen LogP contribution in [0.3, 0.4) is 0 Å². The molecule has 0 saturated carbocycles. The van der Waals surface area contributed by atoms with Crippen molar-refractivity contribution in [2.45, 2.75) is 53.3 Å². The van der Waals surface area contributed by atoms with E-state index in [0.29, 0.717) is 34.1 Å². The number of ether oxygens (including phenoxy) is 1. The van der Waals surface area contributed by atoms with E-state index in [1.54, 1.807) is 37.5 Å². The summed E-state index contributed by atoms with van der Waals surface area (Å²) in [6.07, 6.45) is -0.666. The van der Waals surface area contributed by atoms with Gasteiger partial charge >= 0.3 is 12.1 Å². The van der Waals surface area contributed by atoms with E-state index in [1.807, 2.05) is 13.8 Å². The molecule has 0 unspecified atom stereocenters. The third-order valence-corrected chi connectivity index (χ3v) is 5.09. The lowest BCUT2D eigenvalue weighted by atomic mass is 9.94. The fraction of sp³-hybridized carbons (Fsp3) is 0.346. The van der Waals surface area contributed by atoms with Gasteiger partial charge in [0.2, 0.25) is 0 Å². The average molecular weight is 469 g/mol. The molecule has 3 aromatic rings. The SMILES string of the molecule is CC(C)Cn1c(CNC(=O)OC(C)(C)C)c(-c2cccc(F)c2)c2cc(C(=O)O)ccc2c1=O. The zero-order valence-corrected chi connectivity index (χ0v) is 19.9. The Balaban J connectivity index is 2.34. The van der Waals surface area contributed by atoms with Crippen molar-refractivity contribution < 1.29 is 23.8 Å². The minimum absolute atomic E-state index is 0.00258. The van der Waals surface area contributed by atoms with E-state index in [1.165, 1.54) is 30.3 Å². The van der Waals surface area contributed by atoms with Crippen LogP contribution < -0.4 is 10.9 Å². The van der Waals surface area contributed by atoms with Crippen molar-refractivity contribution in [2.24, 2.45) is 5.92 Å². The van der Waals surface area contributed by atoms with Crippen molar-refractivity contribution in [1.29, 1.82) is 0 Å². The number of nitrogens with one attached hydrogen (secondary N) is 1. The lowest BCUT2D eigenvalue weighted by Gasteiger charge is -2.23. The predicted octanol–water partition coefficient (Wildman–Crippen LogP) is 5.19. The van der Waals surface area contributed by atoms with Crippen molar-refractivity contribution in [2.75, 3.05) is 0 Å². The number of benzene rings is 2. The average Bonchev–Trinajstić information content (AvgIpc) is 2.72. The van der Waals surface area contributed by atoms with Gasteiger partial charge in [0.15, 0.2) is 0 Å². The van der Waals surface area contributed by atoms with Crippen LogP contribution in [0.4, 0.5) is 9.18 Å². The molecular formula is C26H29FN2O5. The fourth-order valence-electron chi connectivity index (χ4n) is 3.81. The smallest absolute Gasteiger partial charge is 0.407 e. The largest absolute Gasteiger partial charge is 0.478 e. The maximum absolute atomic E-state index is 14.2. The quantitative estimate of drug-likeness (QED) is 0.519. The molecule has 0 atom stereocenters. The lowest BCUT2D eigenvalue weighted by Crippen LogP contribution is -2.35. The molecule has 0 aliphatic rings. The van der Waals surface area contributed by atoms with Gasteiger partial charge in [-0.15, -0.1) is 0 Å². The summed E-state index contributed by atoms with van der Waals surface area (Å²) in [5.74, 6) is -1.53. The van der Waals surface area contributed by atoms with Crippen LogP contribution in [0.15, 0.2) is 47.3 Å². The van der Waals surface area contributed by atoms with Crippen LogP contribution in [-0.4, -0.2) is 27.3 Å². The number of carboxylic acid groups (broad SMARTS) is 1. The topological polar surface area (TPSA) is 97.6 Å². The summed E-state index contributed by atoms with van der Waals surface area (Å²) in [6, 6.07) is 10.1. The van der Waals surface area contributed by atoms with Crippen LogP contribution in [0.5, 0.6) is 0 Å². The summed E-state index contributed by atoms with van der Waals surface area (Å²) in [5.41, 5.74) is 0.344. The first-order chi connectivity index (χ1) is 15.9. The molecule has 0 fully saturated rings. The van der Waals surface area contributed by atoms with Gasteiger partial charge in [0.1, 0.15) is 11.4 Å². The number of hydrogen-bond donors (Lipinski definition) is 2. The van der Waals surface area contributed by atoms with E-state index >= 15 is 0 Å². The molecule has 0 aliphatic carbocycles. The van der Waals surface area contributed by atoms with Gasteiger partial charge in [-0.2, -0.15) is 0 Å². The zero-order chi connectivity index (χ0) is 25.2. The van der Waals surface area contributed by atoms with E-state index < -0.39 is 23.5 Å². The van der Waals surface area contributed by atoms with E-state index in [2.05, 4.69) is 5.32 Å². The number of carbonyl (C=O) groups is 2. The Kier molecular flexibility index (Phi) is 7.09. The first-order valence-corrected chi connectivity index (χ1v) is 11.0. The molecule has 1 heterocycles. The zero-order valence-electron chi connectivity index (χ0n) is 19.9. The second-order valence-electron chi connectivity index (χ2n) is 9.56. The molecule has 34 heavy (non-hydrogen) atoms. The number of aromatic nitrogens is 1. The van der Waals surface area contributed by atoms with Crippen molar-refractivity contribution >= 4 is 22.8 Å². The fourth-order valence-corrected chi connectivity index (χ4v) is 3.81. The second-order valence-corrected chi connectivity index (χ2v) is 9.56. The van der Waals surface area contributed by atoms with Crippen LogP contribution in [0, 0.1) is 11.7 Å².